The summed E-state index contributed by atoms with van der Waals surface area (Å²) in [5.41, 5.74) is 3.91. The average Bonchev–Trinajstić information content (AvgIpc) is 3.08. The van der Waals surface area contributed by atoms with E-state index in [1.54, 1.807) is 0 Å². The van der Waals surface area contributed by atoms with Gasteiger partial charge in [0.1, 0.15) is 0 Å². The van der Waals surface area contributed by atoms with Gasteiger partial charge >= 0.3 is 0 Å². The second-order valence-electron chi connectivity index (χ2n) is 13.1. The Kier molecular flexibility index (Phi) is 6.30. The Hall–Kier alpha value is -0.640. The molecule has 0 aromatic heterocycles. The average molecular weight is 445 g/mol. The van der Waals surface area contributed by atoms with Crippen LogP contribution in [0.5, 0.6) is 0 Å². The number of allylic oxidation sites excluding steroid dienone is 2. The van der Waals surface area contributed by atoms with E-state index in [9.17, 15) is 15.3 Å². The topological polar surface area (TPSA) is 60.7 Å². The Morgan fingerprint density at radius 2 is 1.69 bits per heavy atom. The van der Waals surface area contributed by atoms with Crippen LogP contribution in [-0.2, 0) is 0 Å². The highest BCUT2D eigenvalue weighted by atomic mass is 16.3. The SMILES string of the molecule is C/C(=C1/CC[C@@H]2[C@@H]3CC=C4C[C@@H](O)CC[C@]4(C)[C@H]3CC[C@]12C)[C@@H](O)[C@@H](C)[C@H](C)C(C)(C)O. The minimum Gasteiger partial charge on any atom is -0.393 e. The van der Waals surface area contributed by atoms with Gasteiger partial charge in [-0.25, -0.2) is 0 Å². The third-order valence-electron chi connectivity index (χ3n) is 11.2. The van der Waals surface area contributed by atoms with Crippen molar-refractivity contribution in [1.29, 1.82) is 0 Å². The quantitative estimate of drug-likeness (QED) is 0.464. The van der Waals surface area contributed by atoms with Crippen LogP contribution in [0.4, 0.5) is 0 Å². The number of fused-ring (bicyclic) bond motifs is 5. The maximum Gasteiger partial charge on any atom is 0.0779 e. The zero-order chi connectivity index (χ0) is 23.6. The number of rotatable bonds is 4. The summed E-state index contributed by atoms with van der Waals surface area (Å²) in [6.07, 6.45) is 10.9. The normalized spacial score (nSPS) is 44.0. The van der Waals surface area contributed by atoms with Gasteiger partial charge in [-0.1, -0.05) is 44.9 Å². The van der Waals surface area contributed by atoms with Crippen LogP contribution >= 0.6 is 0 Å². The zero-order valence-electron chi connectivity index (χ0n) is 21.6. The standard InChI is InChI=1S/C29H48O3/c1-17(19(3)27(4,5)32)26(31)18(2)23-10-11-24-22-9-8-20-16-21(30)12-14-28(20,6)25(22)13-15-29(23,24)7/h8,17,19,21-22,24-26,30-32H,9-16H2,1-7H3/b23-18+/t17-,19-,21-,22-,24+,25-,26-,28-,29+/m0/s1. The van der Waals surface area contributed by atoms with Crippen molar-refractivity contribution in [3.63, 3.8) is 0 Å². The van der Waals surface area contributed by atoms with Crippen molar-refractivity contribution in [2.75, 3.05) is 0 Å². The predicted octanol–water partition coefficient (Wildman–Crippen LogP) is 6.03. The van der Waals surface area contributed by atoms with Gasteiger partial charge in [-0.05, 0) is 118 Å². The third kappa shape index (κ3) is 3.75. The Morgan fingerprint density at radius 3 is 2.34 bits per heavy atom. The molecular formula is C29H48O3. The maximum atomic E-state index is 11.3. The summed E-state index contributed by atoms with van der Waals surface area (Å²) in [6, 6.07) is 0. The van der Waals surface area contributed by atoms with Gasteiger partial charge in [0.2, 0.25) is 0 Å². The van der Waals surface area contributed by atoms with Gasteiger partial charge in [-0.3, -0.25) is 0 Å². The van der Waals surface area contributed by atoms with Crippen LogP contribution in [0.1, 0.15) is 99.8 Å². The van der Waals surface area contributed by atoms with E-state index in [0.717, 1.165) is 37.5 Å². The van der Waals surface area contributed by atoms with E-state index >= 15 is 0 Å². The molecule has 0 saturated heterocycles. The molecule has 0 heterocycles. The molecule has 32 heavy (non-hydrogen) atoms. The molecule has 182 valence electrons. The fourth-order valence-electron chi connectivity index (χ4n) is 8.59. The molecule has 0 amide bonds. The lowest BCUT2D eigenvalue weighted by atomic mass is 9.47. The number of hydrogen-bond donors (Lipinski definition) is 3. The summed E-state index contributed by atoms with van der Waals surface area (Å²) < 4.78 is 0. The molecule has 0 spiro atoms. The summed E-state index contributed by atoms with van der Waals surface area (Å²) in [5.74, 6) is 2.22. The van der Waals surface area contributed by atoms with Crippen molar-refractivity contribution in [3.05, 3.63) is 22.8 Å². The van der Waals surface area contributed by atoms with Gasteiger partial charge in [0.25, 0.3) is 0 Å². The molecule has 3 fully saturated rings. The van der Waals surface area contributed by atoms with Crippen LogP contribution in [0.2, 0.25) is 0 Å². The number of aliphatic hydroxyl groups is 3. The maximum absolute atomic E-state index is 11.3. The molecule has 3 heteroatoms. The Morgan fingerprint density at radius 1 is 1.06 bits per heavy atom. The van der Waals surface area contributed by atoms with Crippen LogP contribution in [-0.4, -0.2) is 33.1 Å². The minimum absolute atomic E-state index is 0.0224. The molecule has 3 N–H and O–H groups in total. The van der Waals surface area contributed by atoms with Gasteiger partial charge in [0.05, 0.1) is 17.8 Å². The summed E-state index contributed by atoms with van der Waals surface area (Å²) >= 11 is 0. The van der Waals surface area contributed by atoms with Gasteiger partial charge < -0.3 is 15.3 Å². The largest absolute Gasteiger partial charge is 0.393 e. The van der Waals surface area contributed by atoms with E-state index in [2.05, 4.69) is 40.7 Å². The van der Waals surface area contributed by atoms with E-state index < -0.39 is 11.7 Å². The summed E-state index contributed by atoms with van der Waals surface area (Å²) in [6.45, 7) is 15.0. The van der Waals surface area contributed by atoms with E-state index in [0.29, 0.717) is 5.92 Å². The highest BCUT2D eigenvalue weighted by Gasteiger charge is 2.57. The first-order chi connectivity index (χ1) is 14.8. The van der Waals surface area contributed by atoms with Crippen molar-refractivity contribution in [2.24, 2.45) is 40.4 Å². The molecule has 4 aliphatic carbocycles. The number of hydrogen-bond acceptors (Lipinski definition) is 3. The van der Waals surface area contributed by atoms with E-state index in [1.165, 1.54) is 42.4 Å². The first kappa shape index (κ1) is 24.5. The van der Waals surface area contributed by atoms with Crippen molar-refractivity contribution < 1.29 is 15.3 Å². The summed E-state index contributed by atoms with van der Waals surface area (Å²) in [7, 11) is 0. The van der Waals surface area contributed by atoms with Crippen LogP contribution in [0.25, 0.3) is 0 Å². The molecular weight excluding hydrogens is 396 g/mol. The van der Waals surface area contributed by atoms with Gasteiger partial charge in [-0.15, -0.1) is 0 Å². The van der Waals surface area contributed by atoms with Crippen LogP contribution in [0.15, 0.2) is 22.8 Å². The second kappa shape index (κ2) is 8.24. The lowest BCUT2D eigenvalue weighted by Crippen LogP contribution is -2.49. The van der Waals surface area contributed by atoms with Gasteiger partial charge in [0, 0.05) is 0 Å². The van der Waals surface area contributed by atoms with Crippen molar-refractivity contribution in [3.8, 4) is 0 Å². The molecule has 3 nitrogen and oxygen atoms in total. The molecule has 0 aliphatic heterocycles. The van der Waals surface area contributed by atoms with Crippen LogP contribution in [0.3, 0.4) is 0 Å². The highest BCUT2D eigenvalue weighted by molar-refractivity contribution is 5.33. The van der Waals surface area contributed by atoms with E-state index in [4.69, 9.17) is 0 Å². The second-order valence-corrected chi connectivity index (χ2v) is 13.1. The van der Waals surface area contributed by atoms with Crippen molar-refractivity contribution in [1.82, 2.24) is 0 Å². The third-order valence-corrected chi connectivity index (χ3v) is 11.2. The molecule has 0 aromatic carbocycles. The highest BCUT2D eigenvalue weighted by Crippen LogP contribution is 2.66. The smallest absolute Gasteiger partial charge is 0.0779 e. The first-order valence-corrected chi connectivity index (χ1v) is 13.3. The van der Waals surface area contributed by atoms with Crippen LogP contribution in [0, 0.1) is 40.4 Å². The van der Waals surface area contributed by atoms with Gasteiger partial charge in [0.15, 0.2) is 0 Å². The Bertz CT molecular complexity index is 789. The van der Waals surface area contributed by atoms with Crippen molar-refractivity contribution >= 4 is 0 Å². The molecule has 4 rings (SSSR count). The number of aliphatic hydroxyl groups excluding tert-OH is 2. The lowest BCUT2D eigenvalue weighted by molar-refractivity contribution is -0.0305. The fraction of sp³-hybridized carbons (Fsp3) is 0.862. The molecule has 0 unspecified atom stereocenters. The Balaban J connectivity index is 1.60. The Labute approximate surface area is 196 Å². The molecule has 3 saturated carbocycles. The summed E-state index contributed by atoms with van der Waals surface area (Å²) in [5, 5.41) is 32.1. The molecule has 0 aromatic rings. The van der Waals surface area contributed by atoms with E-state index in [1.807, 2.05) is 13.8 Å². The van der Waals surface area contributed by atoms with Gasteiger partial charge in [-0.2, -0.15) is 0 Å². The monoisotopic (exact) mass is 444 g/mol. The zero-order valence-corrected chi connectivity index (χ0v) is 21.6. The molecule has 0 bridgehead atoms. The predicted molar refractivity (Wildman–Crippen MR) is 131 cm³/mol. The fourth-order valence-corrected chi connectivity index (χ4v) is 8.59. The molecule has 9 atom stereocenters. The lowest BCUT2D eigenvalue weighted by Gasteiger charge is -2.57. The molecule has 4 aliphatic rings. The minimum atomic E-state index is -0.791. The van der Waals surface area contributed by atoms with Crippen molar-refractivity contribution in [2.45, 2.75) is 118 Å². The van der Waals surface area contributed by atoms with E-state index in [-0.39, 0.29) is 28.8 Å². The summed E-state index contributed by atoms with van der Waals surface area (Å²) in [4.78, 5) is 0. The first-order valence-electron chi connectivity index (χ1n) is 13.3. The van der Waals surface area contributed by atoms with Crippen LogP contribution < -0.4 is 0 Å². The molecule has 0 radical (unpaired) electrons.